The lowest BCUT2D eigenvalue weighted by molar-refractivity contribution is 0.414. The van der Waals surface area contributed by atoms with Crippen molar-refractivity contribution in [2.75, 3.05) is 0 Å². The van der Waals surface area contributed by atoms with E-state index in [0.717, 1.165) is 25.7 Å². The van der Waals surface area contributed by atoms with Crippen molar-refractivity contribution >= 4 is 12.2 Å². The Morgan fingerprint density at radius 2 is 0.811 bits per heavy atom. The molecule has 0 nitrogen and oxygen atoms in total. The minimum atomic E-state index is -0.212. The Hall–Kier alpha value is -5.20. The van der Waals surface area contributed by atoms with E-state index in [1.807, 2.05) is 0 Å². The van der Waals surface area contributed by atoms with Gasteiger partial charge in [-0.2, -0.15) is 0 Å². The molecule has 0 amide bonds. The summed E-state index contributed by atoms with van der Waals surface area (Å²) in [5.74, 6) is 0. The van der Waals surface area contributed by atoms with E-state index in [1.54, 1.807) is 0 Å². The molecule has 0 unspecified atom stereocenters. The van der Waals surface area contributed by atoms with Gasteiger partial charge < -0.3 is 0 Å². The molecule has 264 valence electrons. The lowest BCUT2D eigenvalue weighted by Crippen LogP contribution is -2.32. The molecule has 0 atom stereocenters. The van der Waals surface area contributed by atoms with Crippen LogP contribution in [0.3, 0.4) is 0 Å². The van der Waals surface area contributed by atoms with E-state index < -0.39 is 0 Å². The third kappa shape index (κ3) is 6.89. The second-order valence-electron chi connectivity index (χ2n) is 17.5. The van der Waals surface area contributed by atoms with Crippen LogP contribution in [0.1, 0.15) is 86.1 Å². The maximum atomic E-state index is 2.60. The van der Waals surface area contributed by atoms with Gasteiger partial charge in [-0.1, -0.05) is 210 Å². The maximum Gasteiger partial charge on any atom is 0.0214 e. The fourth-order valence-corrected chi connectivity index (χ4v) is 8.77. The van der Waals surface area contributed by atoms with Crippen LogP contribution in [0.25, 0.3) is 34.4 Å². The van der Waals surface area contributed by atoms with Gasteiger partial charge in [0.1, 0.15) is 0 Å². The molecule has 0 heteroatoms. The number of hydrogen-bond acceptors (Lipinski definition) is 0. The molecule has 6 aromatic carbocycles. The molecule has 0 bridgehead atoms. The van der Waals surface area contributed by atoms with Crippen molar-refractivity contribution < 1.29 is 0 Å². The van der Waals surface area contributed by atoms with E-state index in [4.69, 9.17) is 0 Å². The monoisotopic (exact) mass is 688 g/mol. The van der Waals surface area contributed by atoms with Crippen LogP contribution >= 0.6 is 0 Å². The summed E-state index contributed by atoms with van der Waals surface area (Å²) in [5.41, 5.74) is 19.4. The summed E-state index contributed by atoms with van der Waals surface area (Å²) in [6.45, 7) is 13.8. The highest BCUT2D eigenvalue weighted by molar-refractivity contribution is 5.85. The molecule has 6 aromatic rings. The van der Waals surface area contributed by atoms with Gasteiger partial charge in [-0.15, -0.1) is 0 Å². The first kappa shape index (κ1) is 34.9. The minimum absolute atomic E-state index is 0.0896. The van der Waals surface area contributed by atoms with Gasteiger partial charge in [-0.3, -0.25) is 0 Å². The largest absolute Gasteiger partial charge is 0.0622 e. The highest BCUT2D eigenvalue weighted by Crippen LogP contribution is 2.52. The molecule has 2 aliphatic rings. The van der Waals surface area contributed by atoms with Gasteiger partial charge in [-0.25, -0.2) is 0 Å². The van der Waals surface area contributed by atoms with Crippen LogP contribution in [-0.2, 0) is 36.5 Å². The summed E-state index contributed by atoms with van der Waals surface area (Å²) in [6, 6.07) is 54.8. The molecule has 0 spiro atoms. The number of hydrogen-bond donors (Lipinski definition) is 0. The summed E-state index contributed by atoms with van der Waals surface area (Å²) in [6.07, 6.45) is 9.00. The Kier molecular flexibility index (Phi) is 8.98. The van der Waals surface area contributed by atoms with Gasteiger partial charge in [0.15, 0.2) is 0 Å². The molecule has 53 heavy (non-hydrogen) atoms. The molecular weight excluding hydrogens is 637 g/mol. The standard InChI is InChI=1S/C53H52/c1-51(2,3)43-25-13-21-39(29-43)47-27-15-23-41-31-45(33-49(41)47)53(35-37-17-9-7-10-18-37,36-38-19-11-8-12-20-38)46-32-42-24-16-28-48(50(42)34-46)40-22-14-26-44(30-40)52(4,5)6/h7-30,33-34H,31-32,35-36H2,1-6H3. The molecule has 0 aromatic heterocycles. The molecule has 2 aliphatic carbocycles. The minimum Gasteiger partial charge on any atom is -0.0622 e. The van der Waals surface area contributed by atoms with E-state index >= 15 is 0 Å². The number of fused-ring (bicyclic) bond motifs is 2. The van der Waals surface area contributed by atoms with Gasteiger partial charge in [0, 0.05) is 5.41 Å². The highest BCUT2D eigenvalue weighted by Gasteiger charge is 2.42. The zero-order valence-corrected chi connectivity index (χ0v) is 32.3. The van der Waals surface area contributed by atoms with Crippen molar-refractivity contribution in [1.82, 2.24) is 0 Å². The first-order valence-corrected chi connectivity index (χ1v) is 19.4. The van der Waals surface area contributed by atoms with Gasteiger partial charge in [-0.05, 0) is 103 Å². The second kappa shape index (κ2) is 13.7. The molecule has 0 saturated carbocycles. The van der Waals surface area contributed by atoms with Gasteiger partial charge >= 0.3 is 0 Å². The molecule has 0 saturated heterocycles. The normalized spacial score (nSPS) is 14.1. The van der Waals surface area contributed by atoms with Crippen LogP contribution in [-0.4, -0.2) is 0 Å². The van der Waals surface area contributed by atoms with Gasteiger partial charge in [0.05, 0.1) is 0 Å². The summed E-state index contributed by atoms with van der Waals surface area (Å²) in [4.78, 5) is 0. The average molecular weight is 689 g/mol. The Bertz CT molecular complexity index is 2170. The topological polar surface area (TPSA) is 0 Å². The van der Waals surface area contributed by atoms with Crippen molar-refractivity contribution in [3.8, 4) is 22.3 Å². The first-order chi connectivity index (χ1) is 25.5. The SMILES string of the molecule is CC(C)(C)c1cccc(-c2cccc3c2C=C(C(Cc2ccccc2)(Cc2ccccc2)C2=Cc4c(cccc4-c4cccc(C(C)(C)C)c4)C2)C3)c1. The van der Waals surface area contributed by atoms with E-state index in [-0.39, 0.29) is 16.2 Å². The predicted octanol–water partition coefficient (Wildman–Crippen LogP) is 13.7. The van der Waals surface area contributed by atoms with E-state index in [2.05, 4.69) is 199 Å². The molecule has 0 heterocycles. The van der Waals surface area contributed by atoms with Crippen LogP contribution in [0.2, 0.25) is 0 Å². The highest BCUT2D eigenvalue weighted by atomic mass is 14.5. The van der Waals surface area contributed by atoms with Crippen molar-refractivity contribution in [3.63, 3.8) is 0 Å². The van der Waals surface area contributed by atoms with Crippen LogP contribution in [0.5, 0.6) is 0 Å². The lowest BCUT2D eigenvalue weighted by atomic mass is 9.65. The summed E-state index contributed by atoms with van der Waals surface area (Å²) in [7, 11) is 0. The van der Waals surface area contributed by atoms with Crippen molar-refractivity contribution in [1.29, 1.82) is 0 Å². The van der Waals surface area contributed by atoms with Crippen LogP contribution in [0, 0.1) is 5.41 Å². The summed E-state index contributed by atoms with van der Waals surface area (Å²) >= 11 is 0. The van der Waals surface area contributed by atoms with Gasteiger partial charge in [0.2, 0.25) is 0 Å². The van der Waals surface area contributed by atoms with E-state index in [9.17, 15) is 0 Å². The third-order valence-electron chi connectivity index (χ3n) is 11.8. The summed E-state index contributed by atoms with van der Waals surface area (Å²) in [5, 5.41) is 0. The Balaban J connectivity index is 1.32. The first-order valence-electron chi connectivity index (χ1n) is 19.4. The fraction of sp³-hybridized carbons (Fsp3) is 0.245. The number of benzene rings is 6. The smallest absolute Gasteiger partial charge is 0.0214 e. The number of allylic oxidation sites excluding steroid dienone is 2. The van der Waals surface area contributed by atoms with Crippen molar-refractivity contribution in [2.24, 2.45) is 5.41 Å². The van der Waals surface area contributed by atoms with E-state index in [0.29, 0.717) is 0 Å². The van der Waals surface area contributed by atoms with Crippen molar-refractivity contribution in [2.45, 2.75) is 78.1 Å². The zero-order valence-electron chi connectivity index (χ0n) is 32.3. The average Bonchev–Trinajstić information content (AvgIpc) is 3.81. The Labute approximate surface area is 318 Å². The molecule has 8 rings (SSSR count). The predicted molar refractivity (Wildman–Crippen MR) is 227 cm³/mol. The quantitative estimate of drug-likeness (QED) is 0.149. The van der Waals surface area contributed by atoms with Crippen LogP contribution in [0.15, 0.2) is 157 Å². The van der Waals surface area contributed by atoms with Crippen LogP contribution in [0.4, 0.5) is 0 Å². The van der Waals surface area contributed by atoms with Crippen molar-refractivity contribution in [3.05, 3.63) is 201 Å². The molecule has 0 radical (unpaired) electrons. The maximum absolute atomic E-state index is 2.60. The molecule has 0 aliphatic heterocycles. The fourth-order valence-electron chi connectivity index (χ4n) is 8.77. The molecular formula is C53H52. The summed E-state index contributed by atoms with van der Waals surface area (Å²) < 4.78 is 0. The van der Waals surface area contributed by atoms with Crippen LogP contribution < -0.4 is 0 Å². The Morgan fingerprint density at radius 3 is 1.21 bits per heavy atom. The van der Waals surface area contributed by atoms with E-state index in [1.165, 1.54) is 77.9 Å². The second-order valence-corrected chi connectivity index (χ2v) is 17.5. The lowest BCUT2D eigenvalue weighted by Gasteiger charge is -2.38. The zero-order chi connectivity index (χ0) is 36.8. The number of rotatable bonds is 8. The van der Waals surface area contributed by atoms with Gasteiger partial charge in [0.25, 0.3) is 0 Å². The molecule has 0 fully saturated rings. The Morgan fingerprint density at radius 1 is 0.415 bits per heavy atom. The molecule has 0 N–H and O–H groups in total. The third-order valence-corrected chi connectivity index (χ3v) is 11.8.